The van der Waals surface area contributed by atoms with Gasteiger partial charge in [0.05, 0.1) is 13.2 Å². The maximum Gasteiger partial charge on any atom is 0.490 e. The number of halogens is 3. The fraction of sp³-hybridized carbons (Fsp3) is 0.857. The van der Waals surface area contributed by atoms with Crippen molar-refractivity contribution in [2.45, 2.75) is 45.4 Å². The summed E-state index contributed by atoms with van der Waals surface area (Å²) in [7, 11) is 0. The number of carboxylic acids is 1. The molecule has 0 saturated carbocycles. The lowest BCUT2D eigenvalue weighted by Crippen LogP contribution is -2.24. The van der Waals surface area contributed by atoms with Crippen LogP contribution in [0.25, 0.3) is 0 Å². The molecule has 2 unspecified atom stereocenters. The van der Waals surface area contributed by atoms with Crippen LogP contribution in [0.1, 0.15) is 33.1 Å². The topological polar surface area (TPSA) is 98.9 Å². The largest absolute Gasteiger partial charge is 0.490 e. The molecule has 0 aromatic heterocycles. The lowest BCUT2D eigenvalue weighted by molar-refractivity contribution is -0.192. The normalized spacial score (nSPS) is 19.0. The highest BCUT2D eigenvalue weighted by molar-refractivity contribution is 5.73. The molecule has 1 rings (SSSR count). The zero-order valence-electron chi connectivity index (χ0n) is 13.3. The fourth-order valence-electron chi connectivity index (χ4n) is 2.01. The van der Waals surface area contributed by atoms with Crippen molar-refractivity contribution in [3.8, 4) is 0 Å². The van der Waals surface area contributed by atoms with E-state index in [1.54, 1.807) is 0 Å². The van der Waals surface area contributed by atoms with Crippen molar-refractivity contribution in [3.05, 3.63) is 0 Å². The average molecular weight is 343 g/mol. The Bertz CT molecular complexity index is 368. The van der Waals surface area contributed by atoms with Crippen molar-refractivity contribution in [3.63, 3.8) is 0 Å². The summed E-state index contributed by atoms with van der Waals surface area (Å²) < 4.78 is 42.2. The van der Waals surface area contributed by atoms with Gasteiger partial charge in [0.25, 0.3) is 0 Å². The first kappa shape index (κ1) is 21.6. The van der Waals surface area contributed by atoms with E-state index in [9.17, 15) is 18.0 Å². The number of hydrogen-bond acceptors (Lipinski definition) is 5. The number of hydrogen-bond donors (Lipinski definition) is 2. The minimum atomic E-state index is -5.08. The van der Waals surface area contributed by atoms with Crippen LogP contribution >= 0.6 is 0 Å². The lowest BCUT2D eigenvalue weighted by atomic mass is 9.94. The zero-order valence-corrected chi connectivity index (χ0v) is 13.3. The summed E-state index contributed by atoms with van der Waals surface area (Å²) >= 11 is 0. The van der Waals surface area contributed by atoms with Crippen LogP contribution in [0.5, 0.6) is 0 Å². The van der Waals surface area contributed by atoms with Gasteiger partial charge in [-0.15, -0.1) is 0 Å². The molecular formula is C14H24F3NO5. The molecule has 6 nitrogen and oxygen atoms in total. The summed E-state index contributed by atoms with van der Waals surface area (Å²) in [5.74, 6) is -2.08. The number of esters is 1. The van der Waals surface area contributed by atoms with E-state index in [1.807, 2.05) is 0 Å². The van der Waals surface area contributed by atoms with Crippen LogP contribution in [0.3, 0.4) is 0 Å². The van der Waals surface area contributed by atoms with E-state index in [4.69, 9.17) is 25.1 Å². The van der Waals surface area contributed by atoms with Gasteiger partial charge in [0, 0.05) is 12.8 Å². The summed E-state index contributed by atoms with van der Waals surface area (Å²) in [6.07, 6.45) is -2.88. The molecule has 0 aromatic rings. The first-order valence-electron chi connectivity index (χ1n) is 7.33. The summed E-state index contributed by atoms with van der Waals surface area (Å²) in [4.78, 5) is 20.5. The fourth-order valence-corrected chi connectivity index (χ4v) is 2.01. The number of carboxylic acid groups (broad SMARTS) is 1. The van der Waals surface area contributed by atoms with Gasteiger partial charge in [0.1, 0.15) is 6.10 Å². The average Bonchev–Trinajstić information content (AvgIpc) is 2.89. The molecule has 0 bridgehead atoms. The molecular weight excluding hydrogens is 319 g/mol. The second-order valence-corrected chi connectivity index (χ2v) is 5.71. The highest BCUT2D eigenvalue weighted by atomic mass is 19.4. The Balaban J connectivity index is 0.000000585. The van der Waals surface area contributed by atoms with Crippen LogP contribution in [0.4, 0.5) is 13.2 Å². The van der Waals surface area contributed by atoms with E-state index >= 15 is 0 Å². The molecule has 3 N–H and O–H groups in total. The summed E-state index contributed by atoms with van der Waals surface area (Å²) in [5, 5.41) is 7.12. The Kier molecular flexibility index (Phi) is 9.82. The van der Waals surface area contributed by atoms with Crippen molar-refractivity contribution < 1.29 is 37.3 Å². The highest BCUT2D eigenvalue weighted by Gasteiger charge is 2.38. The van der Waals surface area contributed by atoms with Gasteiger partial charge in [0.2, 0.25) is 0 Å². The van der Waals surface area contributed by atoms with Crippen molar-refractivity contribution in [1.82, 2.24) is 0 Å². The SMILES string of the molecule is CC(C)CC(CN)CC(=O)OC1CCOC1.O=C(O)C(F)(F)F. The zero-order chi connectivity index (χ0) is 18.0. The minimum Gasteiger partial charge on any atom is -0.475 e. The first-order chi connectivity index (χ1) is 10.6. The summed E-state index contributed by atoms with van der Waals surface area (Å²) in [6, 6.07) is 0. The first-order valence-corrected chi connectivity index (χ1v) is 7.33. The molecule has 1 fully saturated rings. The van der Waals surface area contributed by atoms with Gasteiger partial charge in [0.15, 0.2) is 0 Å². The number of carbonyl (C=O) groups is 2. The monoisotopic (exact) mass is 343 g/mol. The number of rotatable bonds is 6. The van der Waals surface area contributed by atoms with Crippen molar-refractivity contribution in [2.24, 2.45) is 17.6 Å². The van der Waals surface area contributed by atoms with Gasteiger partial charge in [-0.05, 0) is 24.8 Å². The molecule has 1 heterocycles. The number of nitrogens with two attached hydrogens (primary N) is 1. The second-order valence-electron chi connectivity index (χ2n) is 5.71. The van der Waals surface area contributed by atoms with E-state index in [1.165, 1.54) is 0 Å². The molecule has 0 aromatic carbocycles. The van der Waals surface area contributed by atoms with Crippen LogP contribution in [0.15, 0.2) is 0 Å². The van der Waals surface area contributed by atoms with Gasteiger partial charge < -0.3 is 20.3 Å². The van der Waals surface area contributed by atoms with E-state index in [0.717, 1.165) is 12.8 Å². The number of carbonyl (C=O) groups excluding carboxylic acids is 1. The molecule has 1 aliphatic heterocycles. The van der Waals surface area contributed by atoms with Gasteiger partial charge in [-0.2, -0.15) is 13.2 Å². The Morgan fingerprint density at radius 2 is 1.96 bits per heavy atom. The maximum absolute atomic E-state index is 11.6. The third-order valence-electron chi connectivity index (χ3n) is 3.02. The van der Waals surface area contributed by atoms with Crippen molar-refractivity contribution in [2.75, 3.05) is 19.8 Å². The molecule has 136 valence electrons. The standard InChI is InChI=1S/C12H23NO3.C2HF3O2/c1-9(2)5-10(7-13)6-12(14)16-11-3-4-15-8-11;3-2(4,5)1(6)7/h9-11H,3-8,13H2,1-2H3;(H,6,7). The Morgan fingerprint density at radius 1 is 1.39 bits per heavy atom. The van der Waals surface area contributed by atoms with E-state index in [2.05, 4.69) is 13.8 Å². The maximum atomic E-state index is 11.6. The molecule has 1 saturated heterocycles. The molecule has 0 radical (unpaired) electrons. The quantitative estimate of drug-likeness (QED) is 0.715. The van der Waals surface area contributed by atoms with Gasteiger partial charge in [-0.25, -0.2) is 4.79 Å². The van der Waals surface area contributed by atoms with Crippen LogP contribution in [-0.4, -0.2) is 49.1 Å². The van der Waals surface area contributed by atoms with E-state index < -0.39 is 12.1 Å². The van der Waals surface area contributed by atoms with Crippen LogP contribution in [-0.2, 0) is 19.1 Å². The predicted molar refractivity (Wildman–Crippen MR) is 75.6 cm³/mol. The molecule has 23 heavy (non-hydrogen) atoms. The molecule has 0 aliphatic carbocycles. The molecule has 9 heteroatoms. The Morgan fingerprint density at radius 3 is 2.30 bits per heavy atom. The third-order valence-corrected chi connectivity index (χ3v) is 3.02. The van der Waals surface area contributed by atoms with Crippen LogP contribution in [0.2, 0.25) is 0 Å². The molecule has 2 atom stereocenters. The summed E-state index contributed by atoms with van der Waals surface area (Å²) in [5.41, 5.74) is 5.65. The van der Waals surface area contributed by atoms with Gasteiger partial charge in [-0.1, -0.05) is 13.8 Å². The Hall–Kier alpha value is -1.35. The van der Waals surface area contributed by atoms with Crippen LogP contribution < -0.4 is 5.73 Å². The third kappa shape index (κ3) is 10.9. The van der Waals surface area contributed by atoms with Gasteiger partial charge >= 0.3 is 18.1 Å². The van der Waals surface area contributed by atoms with Gasteiger partial charge in [-0.3, -0.25) is 4.79 Å². The van der Waals surface area contributed by atoms with Crippen molar-refractivity contribution in [1.29, 1.82) is 0 Å². The second kappa shape index (κ2) is 10.4. The lowest BCUT2D eigenvalue weighted by Gasteiger charge is -2.17. The van der Waals surface area contributed by atoms with Crippen molar-refractivity contribution >= 4 is 11.9 Å². The highest BCUT2D eigenvalue weighted by Crippen LogP contribution is 2.17. The molecule has 0 amide bonds. The van der Waals surface area contributed by atoms with E-state index in [0.29, 0.717) is 32.1 Å². The number of aliphatic carboxylic acids is 1. The van der Waals surface area contributed by atoms with Crippen LogP contribution in [0, 0.1) is 11.8 Å². The number of ether oxygens (including phenoxy) is 2. The number of alkyl halides is 3. The molecule has 0 spiro atoms. The Labute approximate surface area is 133 Å². The summed E-state index contributed by atoms with van der Waals surface area (Å²) in [6.45, 7) is 6.07. The molecule has 1 aliphatic rings. The van der Waals surface area contributed by atoms with E-state index in [-0.39, 0.29) is 18.0 Å². The predicted octanol–water partition coefficient (Wildman–Crippen LogP) is 1.96. The minimum absolute atomic E-state index is 0.0371. The smallest absolute Gasteiger partial charge is 0.475 e.